The Labute approximate surface area is 154 Å². The first kappa shape index (κ1) is 18.2. The van der Waals surface area contributed by atoms with Crippen LogP contribution >= 0.6 is 0 Å². The molecular formula is C21H25N3O2. The standard InChI is InChI=1S/C21H25N3O2/c1-16(2)7-10-24-15-21(13-19(24)25)8-11-23(12-9-21)20(26)18-5-3-17(14-22)4-6-18/h3-7H,8-13,15H2,1-2H3. The van der Waals surface area contributed by atoms with Gasteiger partial charge in [-0.25, -0.2) is 0 Å². The predicted molar refractivity (Wildman–Crippen MR) is 99.4 cm³/mol. The zero-order valence-corrected chi connectivity index (χ0v) is 15.5. The van der Waals surface area contributed by atoms with E-state index in [1.807, 2.05) is 23.6 Å². The van der Waals surface area contributed by atoms with Crippen LogP contribution in [0.2, 0.25) is 0 Å². The van der Waals surface area contributed by atoms with Crippen molar-refractivity contribution in [2.75, 3.05) is 26.2 Å². The Morgan fingerprint density at radius 2 is 1.88 bits per heavy atom. The van der Waals surface area contributed by atoms with Crippen molar-refractivity contribution in [3.8, 4) is 6.07 Å². The van der Waals surface area contributed by atoms with Crippen LogP contribution in [0.5, 0.6) is 0 Å². The minimum Gasteiger partial charge on any atom is -0.339 e. The van der Waals surface area contributed by atoms with Crippen LogP contribution < -0.4 is 0 Å². The minimum atomic E-state index is 0.00932. The van der Waals surface area contributed by atoms with E-state index >= 15 is 0 Å². The molecule has 26 heavy (non-hydrogen) atoms. The lowest BCUT2D eigenvalue weighted by molar-refractivity contribution is -0.127. The summed E-state index contributed by atoms with van der Waals surface area (Å²) < 4.78 is 0. The van der Waals surface area contributed by atoms with Gasteiger partial charge in [0, 0.05) is 43.6 Å². The van der Waals surface area contributed by atoms with E-state index in [-0.39, 0.29) is 17.2 Å². The summed E-state index contributed by atoms with van der Waals surface area (Å²) >= 11 is 0. The number of carbonyl (C=O) groups is 2. The molecule has 2 amide bonds. The zero-order valence-electron chi connectivity index (χ0n) is 15.5. The molecule has 5 nitrogen and oxygen atoms in total. The molecule has 0 radical (unpaired) electrons. The Morgan fingerprint density at radius 1 is 1.23 bits per heavy atom. The van der Waals surface area contributed by atoms with E-state index in [0.29, 0.717) is 37.2 Å². The highest BCUT2D eigenvalue weighted by atomic mass is 16.2. The molecule has 2 fully saturated rings. The van der Waals surface area contributed by atoms with Crippen LogP contribution in [0.4, 0.5) is 0 Å². The second-order valence-corrected chi connectivity index (χ2v) is 7.71. The molecule has 1 spiro atoms. The lowest BCUT2D eigenvalue weighted by Crippen LogP contribution is -2.44. The quantitative estimate of drug-likeness (QED) is 0.787. The Hall–Kier alpha value is -2.61. The Kier molecular flexibility index (Phi) is 5.13. The van der Waals surface area contributed by atoms with Crippen LogP contribution in [0.25, 0.3) is 0 Å². The van der Waals surface area contributed by atoms with Crippen LogP contribution in [0.15, 0.2) is 35.9 Å². The lowest BCUT2D eigenvalue weighted by atomic mass is 9.77. The highest BCUT2D eigenvalue weighted by molar-refractivity contribution is 5.94. The number of hydrogen-bond acceptors (Lipinski definition) is 3. The number of nitriles is 1. The first-order chi connectivity index (χ1) is 12.4. The Bertz CT molecular complexity index is 761. The van der Waals surface area contributed by atoms with E-state index in [9.17, 15) is 9.59 Å². The number of hydrogen-bond donors (Lipinski definition) is 0. The largest absolute Gasteiger partial charge is 0.339 e. The molecule has 0 aromatic heterocycles. The van der Waals surface area contributed by atoms with Gasteiger partial charge in [-0.05, 0) is 51.0 Å². The second kappa shape index (κ2) is 7.33. The molecule has 136 valence electrons. The zero-order chi connectivity index (χ0) is 18.7. The van der Waals surface area contributed by atoms with Gasteiger partial charge in [-0.1, -0.05) is 11.6 Å². The highest BCUT2D eigenvalue weighted by Crippen LogP contribution is 2.41. The van der Waals surface area contributed by atoms with Crippen molar-refractivity contribution in [2.45, 2.75) is 33.1 Å². The molecule has 1 aromatic carbocycles. The van der Waals surface area contributed by atoms with Gasteiger partial charge in [-0.2, -0.15) is 5.26 Å². The van der Waals surface area contributed by atoms with E-state index in [0.717, 1.165) is 19.4 Å². The van der Waals surface area contributed by atoms with Crippen molar-refractivity contribution >= 4 is 11.8 Å². The maximum absolute atomic E-state index is 12.7. The van der Waals surface area contributed by atoms with Gasteiger partial charge in [0.05, 0.1) is 11.6 Å². The van der Waals surface area contributed by atoms with Crippen LogP contribution in [-0.2, 0) is 4.79 Å². The summed E-state index contributed by atoms with van der Waals surface area (Å²) in [6, 6.07) is 8.85. The average Bonchev–Trinajstić information content (AvgIpc) is 2.95. The first-order valence-electron chi connectivity index (χ1n) is 9.13. The third kappa shape index (κ3) is 3.80. The molecule has 0 atom stereocenters. The summed E-state index contributed by atoms with van der Waals surface area (Å²) in [6.45, 7) is 6.95. The number of rotatable bonds is 3. The molecule has 3 rings (SSSR count). The van der Waals surface area contributed by atoms with Gasteiger partial charge in [0.15, 0.2) is 0 Å². The molecule has 2 saturated heterocycles. The third-order valence-corrected chi connectivity index (χ3v) is 5.50. The topological polar surface area (TPSA) is 64.4 Å². The summed E-state index contributed by atoms with van der Waals surface area (Å²) in [7, 11) is 0. The van der Waals surface area contributed by atoms with Gasteiger partial charge >= 0.3 is 0 Å². The van der Waals surface area contributed by atoms with E-state index in [4.69, 9.17) is 5.26 Å². The number of carbonyl (C=O) groups excluding carboxylic acids is 2. The third-order valence-electron chi connectivity index (χ3n) is 5.50. The molecule has 0 unspecified atom stereocenters. The summed E-state index contributed by atoms with van der Waals surface area (Å²) in [5.74, 6) is 0.240. The van der Waals surface area contributed by atoms with Crippen LogP contribution in [-0.4, -0.2) is 47.8 Å². The van der Waals surface area contributed by atoms with Crippen LogP contribution in [0.3, 0.4) is 0 Å². The molecule has 2 aliphatic heterocycles. The van der Waals surface area contributed by atoms with E-state index in [1.165, 1.54) is 5.57 Å². The van der Waals surface area contributed by atoms with Crippen molar-refractivity contribution in [1.82, 2.24) is 9.80 Å². The molecule has 0 N–H and O–H groups in total. The number of amides is 2. The number of benzene rings is 1. The molecule has 0 bridgehead atoms. The fourth-order valence-electron chi connectivity index (χ4n) is 3.83. The lowest BCUT2D eigenvalue weighted by Gasteiger charge is -2.38. The van der Waals surface area contributed by atoms with Gasteiger partial charge in [-0.15, -0.1) is 0 Å². The summed E-state index contributed by atoms with van der Waals surface area (Å²) in [6.07, 6.45) is 4.43. The fraction of sp³-hybridized carbons (Fsp3) is 0.476. The van der Waals surface area contributed by atoms with Crippen molar-refractivity contribution in [2.24, 2.45) is 5.41 Å². The molecule has 0 aliphatic carbocycles. The fourth-order valence-corrected chi connectivity index (χ4v) is 3.83. The van der Waals surface area contributed by atoms with Crippen molar-refractivity contribution < 1.29 is 9.59 Å². The normalized spacial score (nSPS) is 18.7. The summed E-state index contributed by atoms with van der Waals surface area (Å²) in [4.78, 5) is 28.8. The first-order valence-corrected chi connectivity index (χ1v) is 9.13. The smallest absolute Gasteiger partial charge is 0.253 e. The Morgan fingerprint density at radius 3 is 2.46 bits per heavy atom. The van der Waals surface area contributed by atoms with Gasteiger partial charge in [0.2, 0.25) is 5.91 Å². The van der Waals surface area contributed by atoms with Crippen molar-refractivity contribution in [1.29, 1.82) is 5.26 Å². The van der Waals surface area contributed by atoms with Crippen molar-refractivity contribution in [3.63, 3.8) is 0 Å². The monoisotopic (exact) mass is 351 g/mol. The van der Waals surface area contributed by atoms with Crippen LogP contribution in [0.1, 0.15) is 49.0 Å². The van der Waals surface area contributed by atoms with Gasteiger partial charge in [0.25, 0.3) is 5.91 Å². The van der Waals surface area contributed by atoms with E-state index in [2.05, 4.69) is 12.1 Å². The maximum atomic E-state index is 12.7. The number of nitrogens with zero attached hydrogens (tertiary/aromatic N) is 3. The second-order valence-electron chi connectivity index (χ2n) is 7.71. The Balaban J connectivity index is 1.60. The number of allylic oxidation sites excluding steroid dienone is 1. The maximum Gasteiger partial charge on any atom is 0.253 e. The van der Waals surface area contributed by atoms with Gasteiger partial charge in [0.1, 0.15) is 0 Å². The summed E-state index contributed by atoms with van der Waals surface area (Å²) in [5.41, 5.74) is 2.42. The predicted octanol–water partition coefficient (Wildman–Crippen LogP) is 2.98. The molecular weight excluding hydrogens is 326 g/mol. The van der Waals surface area contributed by atoms with E-state index in [1.54, 1.807) is 24.3 Å². The highest BCUT2D eigenvalue weighted by Gasteiger charge is 2.45. The molecule has 0 saturated carbocycles. The summed E-state index contributed by atoms with van der Waals surface area (Å²) in [5, 5.41) is 8.86. The van der Waals surface area contributed by atoms with Gasteiger partial charge < -0.3 is 9.80 Å². The number of piperidine rings is 1. The van der Waals surface area contributed by atoms with Crippen molar-refractivity contribution in [3.05, 3.63) is 47.0 Å². The molecule has 5 heteroatoms. The SMILES string of the molecule is CC(C)=CCN1CC2(CCN(C(=O)c3ccc(C#N)cc3)CC2)CC1=O. The molecule has 2 heterocycles. The van der Waals surface area contributed by atoms with Crippen LogP contribution in [0, 0.1) is 16.7 Å². The number of likely N-dealkylation sites (tertiary alicyclic amines) is 2. The minimum absolute atomic E-state index is 0.00932. The molecule has 1 aromatic rings. The average molecular weight is 351 g/mol. The molecule has 2 aliphatic rings. The van der Waals surface area contributed by atoms with E-state index < -0.39 is 0 Å². The van der Waals surface area contributed by atoms with Gasteiger partial charge in [-0.3, -0.25) is 9.59 Å².